The normalized spacial score (nSPS) is 13.1. The molecule has 0 bridgehead atoms. The fourth-order valence-electron chi connectivity index (χ4n) is 0.744. The van der Waals surface area contributed by atoms with Crippen LogP contribution in [0.3, 0.4) is 0 Å². The van der Waals surface area contributed by atoms with Gasteiger partial charge in [0.05, 0.1) is 12.0 Å². The monoisotopic (exact) mass is 160 g/mol. The van der Waals surface area contributed by atoms with Crippen molar-refractivity contribution in [3.05, 3.63) is 0 Å². The van der Waals surface area contributed by atoms with E-state index in [0.29, 0.717) is 5.88 Å². The zero-order valence-electron chi connectivity index (χ0n) is 6.47. The van der Waals surface area contributed by atoms with Crippen molar-refractivity contribution in [2.24, 2.45) is 5.92 Å². The lowest BCUT2D eigenvalue weighted by Crippen LogP contribution is -2.25. The van der Waals surface area contributed by atoms with Crippen molar-refractivity contribution in [1.29, 1.82) is 5.26 Å². The molecular formula is C7H13ClN2. The molecule has 0 fully saturated rings. The van der Waals surface area contributed by atoms with E-state index in [0.717, 1.165) is 13.1 Å². The maximum Gasteiger partial charge on any atom is 0.0666 e. The number of hydrogen-bond donors (Lipinski definition) is 0. The molecule has 10 heavy (non-hydrogen) atoms. The van der Waals surface area contributed by atoms with E-state index in [1.807, 2.05) is 14.0 Å². The summed E-state index contributed by atoms with van der Waals surface area (Å²) >= 11 is 5.50. The molecule has 0 aromatic rings. The van der Waals surface area contributed by atoms with Gasteiger partial charge in [-0.1, -0.05) is 0 Å². The number of halogens is 1. The van der Waals surface area contributed by atoms with Crippen LogP contribution >= 0.6 is 11.6 Å². The Morgan fingerprint density at radius 2 is 2.30 bits per heavy atom. The summed E-state index contributed by atoms with van der Waals surface area (Å²) in [6.07, 6.45) is 0. The van der Waals surface area contributed by atoms with Crippen LogP contribution in [0, 0.1) is 17.2 Å². The van der Waals surface area contributed by atoms with E-state index < -0.39 is 0 Å². The molecule has 3 heteroatoms. The van der Waals surface area contributed by atoms with Crippen LogP contribution < -0.4 is 0 Å². The Morgan fingerprint density at radius 3 is 2.70 bits per heavy atom. The summed E-state index contributed by atoms with van der Waals surface area (Å²) in [5, 5.41) is 8.44. The van der Waals surface area contributed by atoms with Crippen molar-refractivity contribution < 1.29 is 0 Å². The van der Waals surface area contributed by atoms with Crippen molar-refractivity contribution >= 4 is 11.6 Å². The lowest BCUT2D eigenvalue weighted by Gasteiger charge is -2.15. The lowest BCUT2D eigenvalue weighted by molar-refractivity contribution is 0.328. The van der Waals surface area contributed by atoms with Crippen LogP contribution in [0.15, 0.2) is 0 Å². The van der Waals surface area contributed by atoms with Gasteiger partial charge in [-0.15, -0.1) is 11.6 Å². The molecule has 0 heterocycles. The minimum Gasteiger partial charge on any atom is -0.304 e. The predicted octanol–water partition coefficient (Wildman–Crippen LogP) is 1.32. The smallest absolute Gasteiger partial charge is 0.0666 e. The number of rotatable bonds is 4. The topological polar surface area (TPSA) is 27.0 Å². The second kappa shape index (κ2) is 5.52. The van der Waals surface area contributed by atoms with Crippen molar-refractivity contribution in [1.82, 2.24) is 4.90 Å². The Morgan fingerprint density at radius 1 is 1.70 bits per heavy atom. The van der Waals surface area contributed by atoms with E-state index in [9.17, 15) is 0 Å². The number of alkyl halides is 1. The molecule has 0 aromatic carbocycles. The largest absolute Gasteiger partial charge is 0.304 e. The summed E-state index contributed by atoms with van der Waals surface area (Å²) in [6, 6.07) is 2.17. The third kappa shape index (κ3) is 4.60. The SMILES string of the molecule is CC(C#N)CN(C)CCCl. The van der Waals surface area contributed by atoms with Gasteiger partial charge in [-0.2, -0.15) is 5.26 Å². The molecule has 58 valence electrons. The fraction of sp³-hybridized carbons (Fsp3) is 0.857. The van der Waals surface area contributed by atoms with Gasteiger partial charge in [-0.05, 0) is 14.0 Å². The molecular weight excluding hydrogens is 148 g/mol. The Kier molecular flexibility index (Phi) is 5.38. The van der Waals surface area contributed by atoms with Crippen LogP contribution in [0.1, 0.15) is 6.92 Å². The van der Waals surface area contributed by atoms with Crippen molar-refractivity contribution in [2.75, 3.05) is 26.0 Å². The number of nitrogens with zero attached hydrogens (tertiary/aromatic N) is 2. The van der Waals surface area contributed by atoms with E-state index >= 15 is 0 Å². The van der Waals surface area contributed by atoms with Gasteiger partial charge in [0.1, 0.15) is 0 Å². The molecule has 1 atom stereocenters. The Hall–Kier alpha value is -0.260. The Balaban J connectivity index is 3.39. The van der Waals surface area contributed by atoms with Crippen LogP contribution in [-0.2, 0) is 0 Å². The third-order valence-corrected chi connectivity index (χ3v) is 1.44. The Labute approximate surface area is 67.4 Å². The highest BCUT2D eigenvalue weighted by atomic mass is 35.5. The van der Waals surface area contributed by atoms with Gasteiger partial charge in [-0.3, -0.25) is 0 Å². The predicted molar refractivity (Wildman–Crippen MR) is 43.0 cm³/mol. The maximum absolute atomic E-state index is 8.44. The van der Waals surface area contributed by atoms with Crippen LogP contribution in [0.5, 0.6) is 0 Å². The summed E-state index contributed by atoms with van der Waals surface area (Å²) in [5.74, 6) is 0.738. The molecule has 0 spiro atoms. The first-order valence-electron chi connectivity index (χ1n) is 3.34. The second-order valence-corrected chi connectivity index (χ2v) is 2.86. The zero-order chi connectivity index (χ0) is 7.98. The van der Waals surface area contributed by atoms with Crippen molar-refractivity contribution in [3.8, 4) is 6.07 Å². The molecule has 0 radical (unpaired) electrons. The summed E-state index contributed by atoms with van der Waals surface area (Å²) in [6.45, 7) is 3.57. The molecule has 0 aromatic heterocycles. The van der Waals surface area contributed by atoms with E-state index in [1.54, 1.807) is 0 Å². The average molecular weight is 161 g/mol. The van der Waals surface area contributed by atoms with Gasteiger partial charge in [0, 0.05) is 19.0 Å². The molecule has 0 N–H and O–H groups in total. The lowest BCUT2D eigenvalue weighted by atomic mass is 10.2. The minimum absolute atomic E-state index is 0.105. The second-order valence-electron chi connectivity index (χ2n) is 2.48. The molecule has 0 rings (SSSR count). The van der Waals surface area contributed by atoms with Crippen LogP contribution in [0.4, 0.5) is 0 Å². The summed E-state index contributed by atoms with van der Waals surface area (Å²) in [4.78, 5) is 2.06. The van der Waals surface area contributed by atoms with Crippen LogP contribution in [0.25, 0.3) is 0 Å². The van der Waals surface area contributed by atoms with Gasteiger partial charge in [0.25, 0.3) is 0 Å². The zero-order valence-corrected chi connectivity index (χ0v) is 7.23. The van der Waals surface area contributed by atoms with Crippen molar-refractivity contribution in [3.63, 3.8) is 0 Å². The average Bonchev–Trinajstić information content (AvgIpc) is 1.88. The number of hydrogen-bond acceptors (Lipinski definition) is 2. The molecule has 0 saturated heterocycles. The van der Waals surface area contributed by atoms with E-state index in [-0.39, 0.29) is 5.92 Å². The molecule has 0 aliphatic heterocycles. The van der Waals surface area contributed by atoms with E-state index in [1.165, 1.54) is 0 Å². The molecule has 2 nitrogen and oxygen atoms in total. The summed E-state index contributed by atoms with van der Waals surface area (Å²) < 4.78 is 0. The molecule has 1 unspecified atom stereocenters. The minimum atomic E-state index is 0.105. The van der Waals surface area contributed by atoms with E-state index in [4.69, 9.17) is 16.9 Å². The third-order valence-electron chi connectivity index (χ3n) is 1.27. The quantitative estimate of drug-likeness (QED) is 0.580. The first-order chi connectivity index (χ1) is 4.70. The van der Waals surface area contributed by atoms with Crippen molar-refractivity contribution in [2.45, 2.75) is 6.92 Å². The van der Waals surface area contributed by atoms with Gasteiger partial charge in [0.15, 0.2) is 0 Å². The first-order valence-corrected chi connectivity index (χ1v) is 3.88. The first kappa shape index (κ1) is 9.74. The molecule has 0 aliphatic rings. The fourth-order valence-corrected chi connectivity index (χ4v) is 1.03. The molecule has 0 amide bonds. The molecule has 0 aliphatic carbocycles. The Bertz CT molecular complexity index is 119. The highest BCUT2D eigenvalue weighted by Crippen LogP contribution is 1.95. The van der Waals surface area contributed by atoms with Gasteiger partial charge in [-0.25, -0.2) is 0 Å². The standard InChI is InChI=1S/C7H13ClN2/c1-7(5-9)6-10(2)4-3-8/h7H,3-4,6H2,1-2H3. The van der Waals surface area contributed by atoms with Crippen LogP contribution in [0.2, 0.25) is 0 Å². The number of nitriles is 1. The van der Waals surface area contributed by atoms with Gasteiger partial charge >= 0.3 is 0 Å². The summed E-state index contributed by atoms with van der Waals surface area (Å²) in [5.41, 5.74) is 0. The summed E-state index contributed by atoms with van der Waals surface area (Å²) in [7, 11) is 1.97. The van der Waals surface area contributed by atoms with Gasteiger partial charge < -0.3 is 4.90 Å². The highest BCUT2D eigenvalue weighted by Gasteiger charge is 2.02. The van der Waals surface area contributed by atoms with Crippen LogP contribution in [-0.4, -0.2) is 30.9 Å². The van der Waals surface area contributed by atoms with Gasteiger partial charge in [0.2, 0.25) is 0 Å². The van der Waals surface area contributed by atoms with E-state index in [2.05, 4.69) is 11.0 Å². The molecule has 0 saturated carbocycles. The highest BCUT2D eigenvalue weighted by molar-refractivity contribution is 6.18. The maximum atomic E-state index is 8.44.